The maximum absolute atomic E-state index is 5.86. The van der Waals surface area contributed by atoms with Gasteiger partial charge in [0.05, 0.1) is 0 Å². The van der Waals surface area contributed by atoms with E-state index in [1.807, 2.05) is 30.3 Å². The summed E-state index contributed by atoms with van der Waals surface area (Å²) in [7, 11) is 0. The zero-order valence-corrected chi connectivity index (χ0v) is 10.6. The summed E-state index contributed by atoms with van der Waals surface area (Å²) in [6, 6.07) is 7.55. The van der Waals surface area contributed by atoms with Crippen molar-refractivity contribution in [2.24, 2.45) is 10.7 Å². The molecule has 94 valence electrons. The molecule has 0 saturated carbocycles. The van der Waals surface area contributed by atoms with E-state index in [1.54, 1.807) is 6.08 Å². The molecular weight excluding hydrogens is 248 g/mol. The number of nitrogens with one attached hydrogen (secondary N) is 2. The lowest BCUT2D eigenvalue weighted by molar-refractivity contribution is 0.652. The van der Waals surface area contributed by atoms with Gasteiger partial charge in [-0.25, -0.2) is 4.99 Å². The standard InChI is InChI=1S/C13H15ClN4/c1-2-7-16-12-8-11(17-13(15)18-12)9-3-5-10(14)6-4-9/h2-6,8,12,16H,1,7H2,(H3,15,17,18). The number of guanidine groups is 1. The highest BCUT2D eigenvalue weighted by Crippen LogP contribution is 2.17. The summed E-state index contributed by atoms with van der Waals surface area (Å²) in [5.41, 5.74) is 7.69. The normalized spacial score (nSPS) is 18.6. The topological polar surface area (TPSA) is 62.4 Å². The molecule has 2 rings (SSSR count). The van der Waals surface area contributed by atoms with E-state index in [4.69, 9.17) is 17.3 Å². The highest BCUT2D eigenvalue weighted by Gasteiger charge is 2.13. The van der Waals surface area contributed by atoms with Crippen molar-refractivity contribution in [2.75, 3.05) is 6.54 Å². The van der Waals surface area contributed by atoms with E-state index >= 15 is 0 Å². The Morgan fingerprint density at radius 1 is 1.44 bits per heavy atom. The van der Waals surface area contributed by atoms with Crippen LogP contribution < -0.4 is 16.4 Å². The van der Waals surface area contributed by atoms with E-state index < -0.39 is 0 Å². The number of nitrogens with two attached hydrogens (primary N) is 1. The van der Waals surface area contributed by atoms with Gasteiger partial charge in [-0.1, -0.05) is 29.8 Å². The van der Waals surface area contributed by atoms with Crippen LogP contribution in [0, 0.1) is 0 Å². The molecule has 0 aromatic heterocycles. The third kappa shape index (κ3) is 3.12. The van der Waals surface area contributed by atoms with Crippen LogP contribution in [0.1, 0.15) is 5.56 Å². The molecule has 0 saturated heterocycles. The van der Waals surface area contributed by atoms with Crippen LogP contribution in [-0.2, 0) is 0 Å². The highest BCUT2D eigenvalue weighted by molar-refractivity contribution is 6.30. The Balaban J connectivity index is 2.19. The number of benzene rings is 1. The predicted octanol–water partition coefficient (Wildman–Crippen LogP) is 1.70. The van der Waals surface area contributed by atoms with Gasteiger partial charge in [-0.05, 0) is 23.8 Å². The van der Waals surface area contributed by atoms with Crippen LogP contribution in [-0.4, -0.2) is 18.7 Å². The van der Waals surface area contributed by atoms with Crippen molar-refractivity contribution in [1.82, 2.24) is 10.6 Å². The van der Waals surface area contributed by atoms with Crippen LogP contribution in [0.2, 0.25) is 5.02 Å². The van der Waals surface area contributed by atoms with Crippen LogP contribution in [0.4, 0.5) is 0 Å². The average Bonchev–Trinajstić information content (AvgIpc) is 2.36. The fourth-order valence-corrected chi connectivity index (χ4v) is 1.79. The van der Waals surface area contributed by atoms with E-state index in [9.17, 15) is 0 Å². The van der Waals surface area contributed by atoms with E-state index in [0.717, 1.165) is 11.3 Å². The third-order valence-corrected chi connectivity index (χ3v) is 2.74. The largest absolute Gasteiger partial charge is 0.370 e. The molecular formula is C13H15ClN4. The van der Waals surface area contributed by atoms with Gasteiger partial charge in [0.1, 0.15) is 6.17 Å². The fraction of sp³-hybridized carbons (Fsp3) is 0.154. The predicted molar refractivity (Wildman–Crippen MR) is 76.2 cm³/mol. The van der Waals surface area contributed by atoms with E-state index in [1.165, 1.54) is 0 Å². The first kappa shape index (κ1) is 12.7. The Bertz CT molecular complexity index is 490. The summed E-state index contributed by atoms with van der Waals surface area (Å²) in [5, 5.41) is 6.93. The molecule has 0 amide bonds. The van der Waals surface area contributed by atoms with Gasteiger partial charge in [-0.3, -0.25) is 5.32 Å². The van der Waals surface area contributed by atoms with Crippen LogP contribution >= 0.6 is 11.6 Å². The second-order valence-corrected chi connectivity index (χ2v) is 4.30. The van der Waals surface area contributed by atoms with Gasteiger partial charge >= 0.3 is 0 Å². The summed E-state index contributed by atoms with van der Waals surface area (Å²) in [4.78, 5) is 4.24. The van der Waals surface area contributed by atoms with E-state index in [2.05, 4.69) is 22.2 Å². The zero-order valence-electron chi connectivity index (χ0n) is 9.86. The van der Waals surface area contributed by atoms with E-state index in [-0.39, 0.29) is 6.17 Å². The Morgan fingerprint density at radius 3 is 2.83 bits per heavy atom. The maximum Gasteiger partial charge on any atom is 0.195 e. The number of hydrogen-bond donors (Lipinski definition) is 3. The molecule has 5 heteroatoms. The van der Waals surface area contributed by atoms with Crippen molar-refractivity contribution in [3.8, 4) is 0 Å². The Hall–Kier alpha value is -1.78. The van der Waals surface area contributed by atoms with Crippen molar-refractivity contribution in [2.45, 2.75) is 6.17 Å². The molecule has 1 heterocycles. The lowest BCUT2D eigenvalue weighted by atomic mass is 10.1. The summed E-state index contributed by atoms with van der Waals surface area (Å²) < 4.78 is 0. The molecule has 0 spiro atoms. The van der Waals surface area contributed by atoms with Gasteiger partial charge in [0.2, 0.25) is 0 Å². The zero-order chi connectivity index (χ0) is 13.0. The number of rotatable bonds is 4. The molecule has 4 nitrogen and oxygen atoms in total. The van der Waals surface area contributed by atoms with Crippen LogP contribution in [0.5, 0.6) is 0 Å². The summed E-state index contributed by atoms with van der Waals surface area (Å²) >= 11 is 5.86. The average molecular weight is 263 g/mol. The maximum atomic E-state index is 5.86. The van der Waals surface area contributed by atoms with E-state index in [0.29, 0.717) is 17.5 Å². The first-order valence-electron chi connectivity index (χ1n) is 5.61. The third-order valence-electron chi connectivity index (χ3n) is 2.49. The second-order valence-electron chi connectivity index (χ2n) is 3.87. The molecule has 18 heavy (non-hydrogen) atoms. The quantitative estimate of drug-likeness (QED) is 0.724. The molecule has 1 aromatic rings. The summed E-state index contributed by atoms with van der Waals surface area (Å²) in [6.07, 6.45) is 3.61. The van der Waals surface area contributed by atoms with Gasteiger partial charge in [-0.15, -0.1) is 6.58 Å². The second kappa shape index (κ2) is 5.71. The minimum atomic E-state index is -0.144. The molecule has 0 fully saturated rings. The smallest absolute Gasteiger partial charge is 0.195 e. The van der Waals surface area contributed by atoms with Crippen molar-refractivity contribution >= 4 is 23.3 Å². The first-order chi connectivity index (χ1) is 8.69. The minimum absolute atomic E-state index is 0.144. The van der Waals surface area contributed by atoms with Crippen molar-refractivity contribution in [3.05, 3.63) is 53.6 Å². The Morgan fingerprint density at radius 2 is 2.17 bits per heavy atom. The molecule has 0 aliphatic carbocycles. The first-order valence-corrected chi connectivity index (χ1v) is 5.99. The molecule has 1 atom stereocenters. The van der Waals surface area contributed by atoms with Crippen LogP contribution in [0.25, 0.3) is 5.70 Å². The lowest BCUT2D eigenvalue weighted by Crippen LogP contribution is -2.39. The van der Waals surface area contributed by atoms with Crippen molar-refractivity contribution < 1.29 is 0 Å². The molecule has 1 aliphatic heterocycles. The molecule has 1 aromatic carbocycles. The van der Waals surface area contributed by atoms with Gasteiger partial charge in [0, 0.05) is 17.3 Å². The fourth-order valence-electron chi connectivity index (χ4n) is 1.66. The monoisotopic (exact) mass is 262 g/mol. The highest BCUT2D eigenvalue weighted by atomic mass is 35.5. The van der Waals surface area contributed by atoms with Gasteiger partial charge in [0.15, 0.2) is 5.96 Å². The minimum Gasteiger partial charge on any atom is -0.370 e. The van der Waals surface area contributed by atoms with Crippen LogP contribution in [0.15, 0.2) is 48.0 Å². The van der Waals surface area contributed by atoms with Gasteiger partial charge < -0.3 is 11.1 Å². The van der Waals surface area contributed by atoms with Crippen LogP contribution in [0.3, 0.4) is 0 Å². The summed E-state index contributed by atoms with van der Waals surface area (Å²) in [6.45, 7) is 4.33. The van der Waals surface area contributed by atoms with Gasteiger partial charge in [-0.2, -0.15) is 0 Å². The number of nitrogens with zero attached hydrogens (tertiary/aromatic N) is 1. The molecule has 1 unspecified atom stereocenters. The van der Waals surface area contributed by atoms with Crippen molar-refractivity contribution in [3.63, 3.8) is 0 Å². The van der Waals surface area contributed by atoms with Gasteiger partial charge in [0.25, 0.3) is 0 Å². The lowest BCUT2D eigenvalue weighted by Gasteiger charge is -2.20. The molecule has 0 bridgehead atoms. The number of hydrogen-bond acceptors (Lipinski definition) is 4. The van der Waals surface area contributed by atoms with Crippen molar-refractivity contribution in [1.29, 1.82) is 0 Å². The Labute approximate surface area is 111 Å². The molecule has 1 aliphatic rings. The molecule has 0 radical (unpaired) electrons. The SMILES string of the molecule is C=CCNC1C=C(c2ccc(Cl)cc2)NC(N)=N1. The Kier molecular flexibility index (Phi) is 4.02. The number of aliphatic imine (C=N–C) groups is 1. The molecule has 4 N–H and O–H groups in total. The number of halogens is 1. The summed E-state index contributed by atoms with van der Waals surface area (Å²) in [5.74, 6) is 0.393.